The van der Waals surface area contributed by atoms with E-state index in [4.69, 9.17) is 42.9 Å². The van der Waals surface area contributed by atoms with Gasteiger partial charge in [0.25, 0.3) is 0 Å². The maximum Gasteiger partial charge on any atom is 0.417 e. The average Bonchev–Trinajstić information content (AvgIpc) is 3.58. The van der Waals surface area contributed by atoms with Gasteiger partial charge in [0.15, 0.2) is 12.1 Å². The predicted octanol–water partition coefficient (Wildman–Crippen LogP) is 9.41. The van der Waals surface area contributed by atoms with E-state index in [1.165, 1.54) is 43.3 Å². The first-order valence-corrected chi connectivity index (χ1v) is 21.1. The van der Waals surface area contributed by atoms with E-state index in [0.29, 0.717) is 0 Å². The Morgan fingerprint density at radius 3 is 1.90 bits per heavy atom. The number of carbonyl (C=O) groups excluding carboxylic acids is 1. The Kier molecular flexibility index (Phi) is 14.7. The number of rotatable bonds is 14. The molecule has 63 heavy (non-hydrogen) atoms. The van der Waals surface area contributed by atoms with Gasteiger partial charge >= 0.3 is 18.3 Å². The van der Waals surface area contributed by atoms with Crippen LogP contribution < -0.4 is 0 Å². The molecule has 0 aromatic heterocycles. The summed E-state index contributed by atoms with van der Waals surface area (Å²) in [6.07, 6.45) is -16.8. The second-order valence-electron chi connectivity index (χ2n) is 15.7. The average molecular weight is 904 g/mol. The highest BCUT2D eigenvalue weighted by molar-refractivity contribution is 7.99. The summed E-state index contributed by atoms with van der Waals surface area (Å²) in [5.41, 5.74) is -1.46. The fourth-order valence-corrected chi connectivity index (χ4v) is 9.03. The summed E-state index contributed by atoms with van der Waals surface area (Å²) in [7, 11) is 0. The lowest BCUT2D eigenvalue weighted by Crippen LogP contribution is -2.63. The minimum absolute atomic E-state index is 0.00591. The first-order chi connectivity index (χ1) is 30.0. The predicted molar refractivity (Wildman–Crippen MR) is 218 cm³/mol. The van der Waals surface area contributed by atoms with Crippen LogP contribution in [-0.4, -0.2) is 85.1 Å². The molecule has 3 saturated heterocycles. The fourth-order valence-electron chi connectivity index (χ4n) is 7.74. The summed E-state index contributed by atoms with van der Waals surface area (Å²) in [4.78, 5) is 16.9. The van der Waals surface area contributed by atoms with Crippen molar-refractivity contribution in [2.75, 3.05) is 6.61 Å². The van der Waals surface area contributed by atoms with Gasteiger partial charge in [-0.05, 0) is 50.1 Å². The lowest BCUT2D eigenvalue weighted by molar-refractivity contribution is -0.315. The van der Waals surface area contributed by atoms with E-state index < -0.39 is 95.7 Å². The summed E-state index contributed by atoms with van der Waals surface area (Å²) < 4.78 is 136. The van der Waals surface area contributed by atoms with E-state index in [2.05, 4.69) is 0 Å². The number of aliphatic imine (C=N–C) groups is 1. The third kappa shape index (κ3) is 11.7. The number of hydrogen-bond acceptors (Lipinski definition) is 11. The molecule has 0 saturated carbocycles. The van der Waals surface area contributed by atoms with Gasteiger partial charge in [-0.1, -0.05) is 103 Å². The Morgan fingerprint density at radius 2 is 1.29 bits per heavy atom. The van der Waals surface area contributed by atoms with Crippen LogP contribution in [0.3, 0.4) is 0 Å². The van der Waals surface area contributed by atoms with E-state index in [1.54, 1.807) is 20.8 Å². The number of esters is 1. The Labute approximate surface area is 365 Å². The van der Waals surface area contributed by atoms with Crippen molar-refractivity contribution in [3.05, 3.63) is 137 Å². The van der Waals surface area contributed by atoms with Gasteiger partial charge < -0.3 is 37.9 Å². The molecule has 0 aliphatic carbocycles. The number of hydrogen-bond donors (Lipinski definition) is 0. The molecule has 10 atom stereocenters. The number of alkyl halides is 6. The first kappa shape index (κ1) is 46.7. The van der Waals surface area contributed by atoms with Crippen LogP contribution in [0.1, 0.15) is 55.5 Å². The number of carbonyl (C=O) groups is 1. The molecule has 3 fully saturated rings. The molecule has 0 radical (unpaired) electrons. The third-order valence-corrected chi connectivity index (χ3v) is 11.8. The van der Waals surface area contributed by atoms with Crippen LogP contribution in [0.15, 0.2) is 119 Å². The van der Waals surface area contributed by atoms with Gasteiger partial charge in [0.05, 0.1) is 30.4 Å². The van der Waals surface area contributed by atoms with Crippen LogP contribution in [0.25, 0.3) is 0 Å². The molecule has 0 N–H and O–H groups in total. The highest BCUT2D eigenvalue weighted by Gasteiger charge is 2.58. The van der Waals surface area contributed by atoms with Crippen molar-refractivity contribution in [1.82, 2.24) is 0 Å². The van der Waals surface area contributed by atoms with Crippen LogP contribution >= 0.6 is 11.8 Å². The molecule has 0 unspecified atom stereocenters. The monoisotopic (exact) mass is 903 g/mol. The quantitative estimate of drug-likeness (QED) is 0.0691. The topological polar surface area (TPSA) is 103 Å². The van der Waals surface area contributed by atoms with Crippen molar-refractivity contribution in [2.24, 2.45) is 4.99 Å². The lowest BCUT2D eigenvalue weighted by Gasteiger charge is -2.47. The Balaban J connectivity index is 1.28. The second kappa shape index (κ2) is 19.8. The standard InChI is InChI=1S/C46H47F6NO9S/c1-27-37(40-41(62-44(3,4)61-40)43(58-27)63-35-22-14-13-21-33(35)46(50,51)52)60-42-36(53-23-31-19-11-12-20-32(31)45(47,48)49)39(57-25-30-17-9-6-10-18-30)38(34(59-42)26-55-28(2)54)56-24-29-15-7-5-8-16-29/h5-23,27,34,36-43H,24-26H2,1-4H3/t27-,34+,36+,37-,38+,39+,40+,41+,42+,43-/m0/s1. The molecule has 3 heterocycles. The molecular weight excluding hydrogens is 857 g/mol. The zero-order valence-electron chi connectivity index (χ0n) is 34.7. The summed E-state index contributed by atoms with van der Waals surface area (Å²) in [6, 6.07) is 27.2. The summed E-state index contributed by atoms with van der Waals surface area (Å²) in [5.74, 6) is -1.86. The number of fused-ring (bicyclic) bond motifs is 1. The minimum atomic E-state index is -4.72. The third-order valence-electron chi connectivity index (χ3n) is 10.6. The largest absolute Gasteiger partial charge is 0.463 e. The molecule has 3 aliphatic heterocycles. The van der Waals surface area contributed by atoms with Crippen molar-refractivity contribution in [3.8, 4) is 0 Å². The van der Waals surface area contributed by atoms with Gasteiger partial charge in [-0.25, -0.2) is 0 Å². The molecule has 10 nitrogen and oxygen atoms in total. The van der Waals surface area contributed by atoms with Crippen LogP contribution in [0.2, 0.25) is 0 Å². The van der Waals surface area contributed by atoms with Gasteiger partial charge in [-0.3, -0.25) is 9.79 Å². The lowest BCUT2D eigenvalue weighted by atomic mass is 9.95. The van der Waals surface area contributed by atoms with E-state index >= 15 is 0 Å². The zero-order chi connectivity index (χ0) is 44.9. The van der Waals surface area contributed by atoms with Crippen LogP contribution in [0.4, 0.5) is 26.3 Å². The maximum atomic E-state index is 14.3. The van der Waals surface area contributed by atoms with E-state index in [1.807, 2.05) is 60.7 Å². The Hall–Kier alpha value is -4.33. The fraction of sp³-hybridized carbons (Fsp3) is 0.435. The molecular formula is C46H47F6NO9S. The van der Waals surface area contributed by atoms with E-state index in [-0.39, 0.29) is 30.3 Å². The van der Waals surface area contributed by atoms with Crippen LogP contribution in [-0.2, 0) is 68.3 Å². The summed E-state index contributed by atoms with van der Waals surface area (Å²) in [6.45, 7) is 5.91. The number of benzene rings is 4. The van der Waals surface area contributed by atoms with Crippen molar-refractivity contribution in [2.45, 2.75) is 124 Å². The molecule has 4 aromatic rings. The normalized spacial score (nSPS) is 28.5. The number of thioether (sulfide) groups is 1. The zero-order valence-corrected chi connectivity index (χ0v) is 35.5. The van der Waals surface area contributed by atoms with Crippen molar-refractivity contribution < 1.29 is 69.0 Å². The molecule has 338 valence electrons. The Bertz CT molecular complexity index is 2160. The van der Waals surface area contributed by atoms with Crippen LogP contribution in [0, 0.1) is 0 Å². The van der Waals surface area contributed by atoms with Gasteiger partial charge in [-0.2, -0.15) is 26.3 Å². The molecule has 17 heteroatoms. The number of nitrogens with zero attached hydrogens (tertiary/aromatic N) is 1. The van der Waals surface area contributed by atoms with Gasteiger partial charge in [-0.15, -0.1) is 0 Å². The SMILES string of the molecule is CC(=O)OC[C@H]1O[C@H](O[C@@H]2[C@H]3OC(C)(C)O[C@H]3[C@H](Sc3ccccc3C(F)(F)F)O[C@H]2C)[C@H](N=Cc2ccccc2C(F)(F)F)[C@@H](OCc2ccccc2)[C@@H]1OCc1ccccc1. The summed E-state index contributed by atoms with van der Waals surface area (Å²) in [5, 5.41) is 0. The van der Waals surface area contributed by atoms with Gasteiger partial charge in [0, 0.05) is 23.6 Å². The molecule has 0 spiro atoms. The highest BCUT2D eigenvalue weighted by Crippen LogP contribution is 2.47. The maximum absolute atomic E-state index is 14.3. The molecule has 0 amide bonds. The van der Waals surface area contributed by atoms with Crippen molar-refractivity contribution in [1.29, 1.82) is 0 Å². The second-order valence-corrected chi connectivity index (χ2v) is 16.8. The number of ether oxygens (including phenoxy) is 8. The van der Waals surface area contributed by atoms with Crippen LogP contribution in [0.5, 0.6) is 0 Å². The van der Waals surface area contributed by atoms with Gasteiger partial charge in [0.2, 0.25) is 0 Å². The number of halogens is 6. The van der Waals surface area contributed by atoms with Gasteiger partial charge in [0.1, 0.15) is 54.7 Å². The molecule has 0 bridgehead atoms. The van der Waals surface area contributed by atoms with E-state index in [9.17, 15) is 31.1 Å². The summed E-state index contributed by atoms with van der Waals surface area (Å²) >= 11 is 0.841. The molecule has 4 aromatic carbocycles. The highest BCUT2D eigenvalue weighted by atomic mass is 32.2. The molecule has 3 aliphatic rings. The van der Waals surface area contributed by atoms with Crippen molar-refractivity contribution >= 4 is 23.9 Å². The Morgan fingerprint density at radius 1 is 0.730 bits per heavy atom. The first-order valence-electron chi connectivity index (χ1n) is 20.3. The smallest absolute Gasteiger partial charge is 0.417 e. The van der Waals surface area contributed by atoms with E-state index in [0.717, 1.165) is 41.2 Å². The minimum Gasteiger partial charge on any atom is -0.463 e. The molecule has 7 rings (SSSR count). The van der Waals surface area contributed by atoms with Crippen molar-refractivity contribution in [3.63, 3.8) is 0 Å².